The molecule has 0 aliphatic carbocycles. The molecule has 3 rings (SSSR count). The normalized spacial score (nSPS) is 10.8. The zero-order chi connectivity index (χ0) is 17.3. The Morgan fingerprint density at radius 2 is 2.00 bits per heavy atom. The van der Waals surface area contributed by atoms with E-state index in [-0.39, 0.29) is 5.69 Å². The van der Waals surface area contributed by atoms with Gasteiger partial charge in [-0.1, -0.05) is 18.2 Å². The van der Waals surface area contributed by atoms with Crippen LogP contribution in [0.1, 0.15) is 23.0 Å². The van der Waals surface area contributed by atoms with E-state index in [0.29, 0.717) is 28.8 Å². The number of benzene rings is 2. The van der Waals surface area contributed by atoms with Crippen LogP contribution in [0.3, 0.4) is 0 Å². The molecule has 3 aromatic rings. The van der Waals surface area contributed by atoms with E-state index in [4.69, 9.17) is 0 Å². The van der Waals surface area contributed by atoms with Crippen molar-refractivity contribution in [2.45, 2.75) is 20.4 Å². The maximum Gasteiger partial charge on any atom is 0.282 e. The molecule has 24 heavy (non-hydrogen) atoms. The van der Waals surface area contributed by atoms with Crippen molar-refractivity contribution in [1.29, 1.82) is 0 Å². The van der Waals surface area contributed by atoms with Gasteiger partial charge in [-0.15, -0.1) is 0 Å². The number of amides is 1. The Labute approximate surface area is 137 Å². The number of aromatic nitrogens is 2. The molecule has 0 radical (unpaired) electrons. The van der Waals surface area contributed by atoms with Crippen LogP contribution in [0, 0.1) is 12.7 Å². The summed E-state index contributed by atoms with van der Waals surface area (Å²) in [5, 5.41) is 2.57. The third kappa shape index (κ3) is 2.78. The van der Waals surface area contributed by atoms with Crippen LogP contribution < -0.4 is 10.9 Å². The van der Waals surface area contributed by atoms with E-state index in [1.165, 1.54) is 16.7 Å². The zero-order valence-electron chi connectivity index (χ0n) is 13.3. The first kappa shape index (κ1) is 15.9. The number of halogens is 1. The zero-order valence-corrected chi connectivity index (χ0v) is 13.3. The maximum absolute atomic E-state index is 13.4. The fourth-order valence-electron chi connectivity index (χ4n) is 2.56. The second-order valence-corrected chi connectivity index (χ2v) is 5.41. The van der Waals surface area contributed by atoms with Crippen molar-refractivity contribution < 1.29 is 9.18 Å². The lowest BCUT2D eigenvalue weighted by Crippen LogP contribution is -2.31. The lowest BCUT2D eigenvalue weighted by molar-refractivity contribution is 0.102. The van der Waals surface area contributed by atoms with Crippen LogP contribution in [0.25, 0.3) is 11.0 Å². The Hall–Kier alpha value is -3.02. The van der Waals surface area contributed by atoms with Crippen LogP contribution in [0.5, 0.6) is 0 Å². The van der Waals surface area contributed by atoms with Gasteiger partial charge in [0, 0.05) is 12.2 Å². The van der Waals surface area contributed by atoms with Gasteiger partial charge in [0.15, 0.2) is 5.69 Å². The minimum atomic E-state index is -0.651. The Morgan fingerprint density at radius 1 is 1.25 bits per heavy atom. The number of fused-ring (bicyclic) bond motifs is 1. The quantitative estimate of drug-likeness (QED) is 0.805. The molecule has 122 valence electrons. The van der Waals surface area contributed by atoms with Gasteiger partial charge in [0.2, 0.25) is 0 Å². The highest BCUT2D eigenvalue weighted by atomic mass is 19.1. The second kappa shape index (κ2) is 6.23. The van der Waals surface area contributed by atoms with Gasteiger partial charge in [0.25, 0.3) is 11.5 Å². The molecule has 0 saturated heterocycles. The molecule has 0 bridgehead atoms. The van der Waals surface area contributed by atoms with Crippen molar-refractivity contribution in [3.63, 3.8) is 0 Å². The highest BCUT2D eigenvalue weighted by molar-refractivity contribution is 6.03. The molecule has 0 fully saturated rings. The number of carbonyl (C=O) groups excluding carboxylic acids is 1. The summed E-state index contributed by atoms with van der Waals surface area (Å²) < 4.78 is 14.9. The van der Waals surface area contributed by atoms with Crippen LogP contribution in [-0.2, 0) is 6.54 Å². The van der Waals surface area contributed by atoms with Crippen LogP contribution in [-0.4, -0.2) is 15.5 Å². The van der Waals surface area contributed by atoms with E-state index >= 15 is 0 Å². The van der Waals surface area contributed by atoms with E-state index in [9.17, 15) is 14.0 Å². The average molecular weight is 325 g/mol. The summed E-state index contributed by atoms with van der Waals surface area (Å²) in [6.45, 7) is 3.99. The van der Waals surface area contributed by atoms with Gasteiger partial charge in [-0.05, 0) is 43.7 Å². The lowest BCUT2D eigenvalue weighted by atomic mass is 10.2. The number of para-hydroxylation sites is 2. The summed E-state index contributed by atoms with van der Waals surface area (Å²) in [5.74, 6) is -1.12. The average Bonchev–Trinajstić information content (AvgIpc) is 2.57. The number of nitrogens with one attached hydrogen (secondary N) is 1. The molecule has 0 spiro atoms. The summed E-state index contributed by atoms with van der Waals surface area (Å²) in [7, 11) is 0. The standard InChI is InChI=1S/C18H16FN3O2/c1-3-22-15-7-5-4-6-13(15)20-16(18(22)24)17(23)21-14-10-12(19)9-8-11(14)2/h4-10H,3H2,1-2H3,(H,21,23). The molecule has 1 amide bonds. The van der Waals surface area contributed by atoms with E-state index < -0.39 is 17.3 Å². The van der Waals surface area contributed by atoms with Gasteiger partial charge >= 0.3 is 0 Å². The molecule has 0 aliphatic heterocycles. The lowest BCUT2D eigenvalue weighted by Gasteiger charge is -2.11. The van der Waals surface area contributed by atoms with Crippen molar-refractivity contribution in [3.8, 4) is 0 Å². The van der Waals surface area contributed by atoms with Gasteiger partial charge in [-0.25, -0.2) is 9.37 Å². The monoisotopic (exact) mass is 325 g/mol. The first-order chi connectivity index (χ1) is 11.5. The molecule has 0 aliphatic rings. The van der Waals surface area contributed by atoms with Crippen molar-refractivity contribution >= 4 is 22.6 Å². The highest BCUT2D eigenvalue weighted by Gasteiger charge is 2.17. The fourth-order valence-corrected chi connectivity index (χ4v) is 2.56. The van der Waals surface area contributed by atoms with Gasteiger partial charge in [-0.3, -0.25) is 9.59 Å². The van der Waals surface area contributed by atoms with Gasteiger partial charge in [0.1, 0.15) is 5.82 Å². The first-order valence-corrected chi connectivity index (χ1v) is 7.58. The number of hydrogen-bond acceptors (Lipinski definition) is 3. The van der Waals surface area contributed by atoms with Crippen molar-refractivity contribution in [1.82, 2.24) is 9.55 Å². The Balaban J connectivity index is 2.09. The van der Waals surface area contributed by atoms with Crippen molar-refractivity contribution in [3.05, 3.63) is 69.9 Å². The van der Waals surface area contributed by atoms with Crippen LogP contribution in [0.4, 0.5) is 10.1 Å². The number of hydrogen-bond donors (Lipinski definition) is 1. The fraction of sp³-hybridized carbons (Fsp3) is 0.167. The summed E-state index contributed by atoms with van der Waals surface area (Å²) in [6.07, 6.45) is 0. The molecule has 0 saturated carbocycles. The predicted molar refractivity (Wildman–Crippen MR) is 90.8 cm³/mol. The third-order valence-electron chi connectivity index (χ3n) is 3.83. The third-order valence-corrected chi connectivity index (χ3v) is 3.83. The molecule has 1 heterocycles. The molecule has 1 N–H and O–H groups in total. The molecule has 0 unspecified atom stereocenters. The summed E-state index contributed by atoms with van der Waals surface area (Å²) in [5.41, 5.74) is 1.56. The van der Waals surface area contributed by atoms with Crippen molar-refractivity contribution in [2.75, 3.05) is 5.32 Å². The minimum absolute atomic E-state index is 0.209. The van der Waals surface area contributed by atoms with Crippen LogP contribution in [0.15, 0.2) is 47.3 Å². The van der Waals surface area contributed by atoms with Gasteiger partial charge in [-0.2, -0.15) is 0 Å². The molecule has 1 aromatic heterocycles. The molecule has 0 atom stereocenters. The Kier molecular flexibility index (Phi) is 4.12. The number of rotatable bonds is 3. The van der Waals surface area contributed by atoms with Crippen molar-refractivity contribution in [2.24, 2.45) is 0 Å². The SMILES string of the molecule is CCn1c(=O)c(C(=O)Nc2cc(F)ccc2C)nc2ccccc21. The number of anilines is 1. The Bertz CT molecular complexity index is 995. The maximum atomic E-state index is 13.4. The minimum Gasteiger partial charge on any atom is -0.320 e. The van der Waals surface area contributed by atoms with Gasteiger partial charge in [0.05, 0.1) is 11.0 Å². The van der Waals surface area contributed by atoms with Gasteiger partial charge < -0.3 is 9.88 Å². The summed E-state index contributed by atoms with van der Waals surface area (Å²) >= 11 is 0. The molecular formula is C18H16FN3O2. The number of aryl methyl sites for hydroxylation is 2. The number of carbonyl (C=O) groups is 1. The first-order valence-electron chi connectivity index (χ1n) is 7.58. The largest absolute Gasteiger partial charge is 0.320 e. The molecular weight excluding hydrogens is 309 g/mol. The Morgan fingerprint density at radius 3 is 2.75 bits per heavy atom. The van der Waals surface area contributed by atoms with E-state index in [0.717, 1.165) is 0 Å². The topological polar surface area (TPSA) is 64.0 Å². The molecule has 5 nitrogen and oxygen atoms in total. The molecule has 6 heteroatoms. The van der Waals surface area contributed by atoms with E-state index in [1.807, 2.05) is 13.0 Å². The smallest absolute Gasteiger partial charge is 0.282 e. The van der Waals surface area contributed by atoms with E-state index in [2.05, 4.69) is 10.3 Å². The van der Waals surface area contributed by atoms with Crippen LogP contribution in [0.2, 0.25) is 0 Å². The van der Waals surface area contributed by atoms with Crippen LogP contribution >= 0.6 is 0 Å². The predicted octanol–water partition coefficient (Wildman–Crippen LogP) is 3.12. The van der Waals surface area contributed by atoms with E-state index in [1.54, 1.807) is 31.2 Å². The summed E-state index contributed by atoms with van der Waals surface area (Å²) in [4.78, 5) is 29.3. The number of nitrogens with zero attached hydrogens (tertiary/aromatic N) is 2. The summed E-state index contributed by atoms with van der Waals surface area (Å²) in [6, 6.07) is 11.2. The second-order valence-electron chi connectivity index (χ2n) is 5.41. The molecule has 2 aromatic carbocycles. The highest BCUT2D eigenvalue weighted by Crippen LogP contribution is 2.17.